The van der Waals surface area contributed by atoms with Crippen molar-refractivity contribution < 1.29 is 0 Å². The third-order valence-corrected chi connectivity index (χ3v) is 6.56. The van der Waals surface area contributed by atoms with Crippen LogP contribution in [0.25, 0.3) is 22.4 Å². The Kier molecular flexibility index (Phi) is 5.95. The second kappa shape index (κ2) is 8.62. The first-order valence-electron chi connectivity index (χ1n) is 11.0. The highest BCUT2D eigenvalue weighted by molar-refractivity contribution is 5.83. The van der Waals surface area contributed by atoms with Gasteiger partial charge in [0.05, 0.1) is 22.3 Å². The third kappa shape index (κ3) is 4.50. The molecule has 0 spiro atoms. The van der Waals surface area contributed by atoms with Gasteiger partial charge in [0.15, 0.2) is 0 Å². The van der Waals surface area contributed by atoms with Crippen molar-refractivity contribution in [2.24, 2.45) is 5.92 Å². The molecule has 5 heteroatoms. The smallest absolute Gasteiger partial charge is 0.141 e. The van der Waals surface area contributed by atoms with Gasteiger partial charge < -0.3 is 9.88 Å². The number of aryl methyl sites for hydroxylation is 4. The Hall–Kier alpha value is -2.27. The van der Waals surface area contributed by atoms with Gasteiger partial charge in [-0.3, -0.25) is 0 Å². The summed E-state index contributed by atoms with van der Waals surface area (Å²) in [6.45, 7) is 8.83. The number of hydrogen-bond acceptors (Lipinski definition) is 4. The maximum Gasteiger partial charge on any atom is 0.141 e. The van der Waals surface area contributed by atoms with Crippen molar-refractivity contribution in [2.45, 2.75) is 59.3 Å². The molecule has 1 saturated heterocycles. The molecule has 0 saturated carbocycles. The molecule has 154 valence electrons. The number of hydrogen-bond donors (Lipinski definition) is 1. The average Bonchev–Trinajstić information content (AvgIpc) is 3.14. The molecule has 0 atom stereocenters. The summed E-state index contributed by atoms with van der Waals surface area (Å²) in [7, 11) is 2.23. The van der Waals surface area contributed by atoms with Gasteiger partial charge in [0.25, 0.3) is 0 Å². The van der Waals surface area contributed by atoms with Crippen LogP contribution in [0.2, 0.25) is 0 Å². The van der Waals surface area contributed by atoms with Crippen LogP contribution < -0.4 is 0 Å². The summed E-state index contributed by atoms with van der Waals surface area (Å²) in [6.07, 6.45) is 9.42. The Morgan fingerprint density at radius 1 is 1.07 bits per heavy atom. The molecule has 1 aliphatic heterocycles. The van der Waals surface area contributed by atoms with E-state index in [1.807, 2.05) is 6.20 Å². The molecule has 3 heterocycles. The van der Waals surface area contributed by atoms with Gasteiger partial charge in [-0.05, 0) is 83.3 Å². The first kappa shape index (κ1) is 20.0. The quantitative estimate of drug-likeness (QED) is 0.601. The van der Waals surface area contributed by atoms with Gasteiger partial charge in [-0.1, -0.05) is 18.9 Å². The normalized spacial score (nSPS) is 16.0. The highest BCUT2D eigenvalue weighted by Crippen LogP contribution is 2.26. The number of imidazole rings is 1. The second-order valence-corrected chi connectivity index (χ2v) is 8.77. The highest BCUT2D eigenvalue weighted by Gasteiger charge is 2.16. The molecule has 2 aromatic heterocycles. The predicted octanol–water partition coefficient (Wildman–Crippen LogP) is 5.00. The maximum absolute atomic E-state index is 4.83. The lowest BCUT2D eigenvalue weighted by Gasteiger charge is -2.28. The molecule has 1 aromatic carbocycles. The lowest BCUT2D eigenvalue weighted by molar-refractivity contribution is 0.209. The standard InChI is InChI=1S/C24H33N5/c1-16-9-10-21-23(17(16)2)28-24(27-21)20-15-25-22(26-18(20)3)8-6-5-7-19-11-13-29(4)14-12-19/h9-10,15,19H,5-8,11-14H2,1-4H3,(H,27,28). The minimum absolute atomic E-state index is 0.861. The molecule has 0 aliphatic carbocycles. The molecular weight excluding hydrogens is 358 g/mol. The molecule has 0 bridgehead atoms. The summed E-state index contributed by atoms with van der Waals surface area (Å²) >= 11 is 0. The van der Waals surface area contributed by atoms with E-state index in [9.17, 15) is 0 Å². The lowest BCUT2D eigenvalue weighted by atomic mass is 9.91. The SMILES string of the molecule is Cc1ccc2[nH]c(-c3cnc(CCCCC4CCN(C)CC4)nc3C)nc2c1C. The van der Waals surface area contributed by atoms with Crippen molar-refractivity contribution in [1.82, 2.24) is 24.8 Å². The van der Waals surface area contributed by atoms with Crippen LogP contribution in [-0.4, -0.2) is 45.0 Å². The van der Waals surface area contributed by atoms with E-state index < -0.39 is 0 Å². The van der Waals surface area contributed by atoms with Crippen LogP contribution in [-0.2, 0) is 6.42 Å². The van der Waals surface area contributed by atoms with Crippen molar-refractivity contribution in [2.75, 3.05) is 20.1 Å². The van der Waals surface area contributed by atoms with E-state index in [0.717, 1.165) is 46.3 Å². The highest BCUT2D eigenvalue weighted by atomic mass is 15.1. The van der Waals surface area contributed by atoms with Crippen LogP contribution in [0.1, 0.15) is 54.7 Å². The molecule has 3 aromatic rings. The van der Waals surface area contributed by atoms with Gasteiger partial charge in [-0.15, -0.1) is 0 Å². The number of aromatic amines is 1. The van der Waals surface area contributed by atoms with E-state index in [-0.39, 0.29) is 0 Å². The molecular formula is C24H33N5. The lowest BCUT2D eigenvalue weighted by Crippen LogP contribution is -2.30. The number of nitrogens with zero attached hydrogens (tertiary/aromatic N) is 4. The van der Waals surface area contributed by atoms with Crippen molar-refractivity contribution in [1.29, 1.82) is 0 Å². The monoisotopic (exact) mass is 391 g/mol. The van der Waals surface area contributed by atoms with Crippen molar-refractivity contribution in [3.8, 4) is 11.4 Å². The molecule has 5 nitrogen and oxygen atoms in total. The van der Waals surface area contributed by atoms with Gasteiger partial charge in [0, 0.05) is 12.6 Å². The fourth-order valence-corrected chi connectivity index (χ4v) is 4.38. The van der Waals surface area contributed by atoms with Crippen LogP contribution in [0.5, 0.6) is 0 Å². The Bertz CT molecular complexity index is 982. The van der Waals surface area contributed by atoms with Gasteiger partial charge in [0.2, 0.25) is 0 Å². The Morgan fingerprint density at radius 2 is 1.86 bits per heavy atom. The van der Waals surface area contributed by atoms with Crippen LogP contribution in [0.15, 0.2) is 18.3 Å². The maximum atomic E-state index is 4.83. The van der Waals surface area contributed by atoms with Crippen LogP contribution in [0, 0.1) is 26.7 Å². The summed E-state index contributed by atoms with van der Waals surface area (Å²) in [5, 5.41) is 0. The summed E-state index contributed by atoms with van der Waals surface area (Å²) in [5.74, 6) is 2.73. The number of likely N-dealkylation sites (tertiary alicyclic amines) is 1. The van der Waals surface area contributed by atoms with Gasteiger partial charge >= 0.3 is 0 Å². The second-order valence-electron chi connectivity index (χ2n) is 8.77. The number of nitrogens with one attached hydrogen (secondary N) is 1. The molecule has 1 fully saturated rings. The first-order valence-corrected chi connectivity index (χ1v) is 11.0. The van der Waals surface area contributed by atoms with Gasteiger partial charge in [-0.2, -0.15) is 0 Å². The number of unbranched alkanes of at least 4 members (excludes halogenated alkanes) is 1. The zero-order chi connectivity index (χ0) is 20.4. The van der Waals surface area contributed by atoms with Crippen LogP contribution in [0.4, 0.5) is 0 Å². The van der Waals surface area contributed by atoms with Crippen LogP contribution in [0.3, 0.4) is 0 Å². The molecule has 0 amide bonds. The fraction of sp³-hybridized carbons (Fsp3) is 0.542. The number of aromatic nitrogens is 4. The van der Waals surface area contributed by atoms with Crippen LogP contribution >= 0.6 is 0 Å². The summed E-state index contributed by atoms with van der Waals surface area (Å²) < 4.78 is 0. The minimum Gasteiger partial charge on any atom is -0.338 e. The number of H-pyrrole nitrogens is 1. The topological polar surface area (TPSA) is 57.7 Å². The van der Waals surface area contributed by atoms with E-state index in [0.29, 0.717) is 0 Å². The van der Waals surface area contributed by atoms with E-state index in [2.05, 4.69) is 54.8 Å². The van der Waals surface area contributed by atoms with Crippen molar-refractivity contribution in [3.05, 3.63) is 41.0 Å². The molecule has 4 rings (SSSR count). The number of benzene rings is 1. The predicted molar refractivity (Wildman–Crippen MR) is 119 cm³/mol. The number of rotatable bonds is 6. The number of piperidine rings is 1. The van der Waals surface area contributed by atoms with E-state index in [1.165, 1.54) is 56.3 Å². The largest absolute Gasteiger partial charge is 0.338 e. The zero-order valence-corrected chi connectivity index (χ0v) is 18.3. The van der Waals surface area contributed by atoms with Crippen molar-refractivity contribution in [3.63, 3.8) is 0 Å². The molecule has 1 aliphatic rings. The van der Waals surface area contributed by atoms with E-state index in [4.69, 9.17) is 9.97 Å². The molecule has 1 N–H and O–H groups in total. The first-order chi connectivity index (χ1) is 14.0. The van der Waals surface area contributed by atoms with E-state index >= 15 is 0 Å². The van der Waals surface area contributed by atoms with E-state index in [1.54, 1.807) is 0 Å². The Morgan fingerprint density at radius 3 is 2.62 bits per heavy atom. The zero-order valence-electron chi connectivity index (χ0n) is 18.3. The Labute approximate surface area is 174 Å². The van der Waals surface area contributed by atoms with Gasteiger partial charge in [-0.25, -0.2) is 15.0 Å². The number of fused-ring (bicyclic) bond motifs is 1. The van der Waals surface area contributed by atoms with Gasteiger partial charge in [0.1, 0.15) is 11.6 Å². The minimum atomic E-state index is 0.861. The summed E-state index contributed by atoms with van der Waals surface area (Å²) in [5.41, 5.74) is 6.59. The van der Waals surface area contributed by atoms with Crippen molar-refractivity contribution >= 4 is 11.0 Å². The molecule has 29 heavy (non-hydrogen) atoms. The average molecular weight is 392 g/mol. The summed E-state index contributed by atoms with van der Waals surface area (Å²) in [4.78, 5) is 20.1. The molecule has 0 radical (unpaired) electrons. The molecule has 0 unspecified atom stereocenters. The third-order valence-electron chi connectivity index (χ3n) is 6.56. The summed E-state index contributed by atoms with van der Waals surface area (Å²) in [6, 6.07) is 4.24. The fourth-order valence-electron chi connectivity index (χ4n) is 4.38. The Balaban J connectivity index is 1.37.